The molecule has 6 heteroatoms. The Bertz CT molecular complexity index is 788. The zero-order chi connectivity index (χ0) is 20.5. The maximum Gasteiger partial charge on any atom is 0.248 e. The summed E-state index contributed by atoms with van der Waals surface area (Å²) >= 11 is 0. The predicted octanol–water partition coefficient (Wildman–Crippen LogP) is 2.94. The van der Waals surface area contributed by atoms with E-state index < -0.39 is 0 Å². The summed E-state index contributed by atoms with van der Waals surface area (Å²) in [5.41, 5.74) is 2.05. The number of carbonyl (C=O) groups is 2. The van der Waals surface area contributed by atoms with E-state index in [-0.39, 0.29) is 30.2 Å². The quantitative estimate of drug-likeness (QED) is 0.696. The molecule has 0 radical (unpaired) electrons. The molecule has 1 saturated heterocycles. The van der Waals surface area contributed by atoms with Crippen LogP contribution in [-0.2, 0) is 27.3 Å². The number of carbonyl (C=O) groups excluding carboxylic acids is 2. The van der Waals surface area contributed by atoms with Gasteiger partial charge in [0, 0.05) is 25.6 Å². The van der Waals surface area contributed by atoms with Crippen LogP contribution < -0.4 is 5.32 Å². The number of nitrogens with one attached hydrogen (secondary N) is 1. The van der Waals surface area contributed by atoms with Crippen molar-refractivity contribution in [2.75, 3.05) is 26.3 Å². The maximum absolute atomic E-state index is 12.9. The minimum atomic E-state index is -0.291. The molecule has 1 aliphatic rings. The first-order valence-electron chi connectivity index (χ1n) is 10.0. The van der Waals surface area contributed by atoms with Gasteiger partial charge in [0.1, 0.15) is 12.4 Å². The molecule has 1 aliphatic heterocycles. The molecule has 0 aromatic heterocycles. The zero-order valence-corrected chi connectivity index (χ0v) is 16.5. The molecule has 0 bridgehead atoms. The fraction of sp³-hybridized carbons (Fsp3) is 0.391. The number of likely N-dealkylation sites (tertiary alicyclic amines) is 1. The van der Waals surface area contributed by atoms with Gasteiger partial charge in [-0.1, -0.05) is 42.5 Å². The fourth-order valence-corrected chi connectivity index (χ4v) is 3.41. The molecule has 1 N–H and O–H groups in total. The van der Waals surface area contributed by atoms with Crippen molar-refractivity contribution in [3.8, 4) is 0 Å². The van der Waals surface area contributed by atoms with Crippen LogP contribution in [0.25, 0.3) is 0 Å². The van der Waals surface area contributed by atoms with Crippen molar-refractivity contribution in [3.63, 3.8) is 0 Å². The van der Waals surface area contributed by atoms with Crippen LogP contribution in [0.15, 0.2) is 54.6 Å². The summed E-state index contributed by atoms with van der Waals surface area (Å²) in [4.78, 5) is 26.4. The van der Waals surface area contributed by atoms with E-state index in [4.69, 9.17) is 4.74 Å². The summed E-state index contributed by atoms with van der Waals surface area (Å²) in [5, 5.41) is 2.90. The van der Waals surface area contributed by atoms with Crippen LogP contribution in [0, 0.1) is 11.7 Å². The summed E-state index contributed by atoms with van der Waals surface area (Å²) in [7, 11) is 0. The zero-order valence-electron chi connectivity index (χ0n) is 16.5. The minimum absolute atomic E-state index is 0.0134. The summed E-state index contributed by atoms with van der Waals surface area (Å²) in [6.45, 7) is 2.10. The molecule has 0 spiro atoms. The van der Waals surface area contributed by atoms with E-state index in [1.165, 1.54) is 17.7 Å². The molecule has 1 fully saturated rings. The Balaban J connectivity index is 1.32. The van der Waals surface area contributed by atoms with Crippen LogP contribution in [0.1, 0.15) is 24.0 Å². The van der Waals surface area contributed by atoms with E-state index >= 15 is 0 Å². The number of ether oxygens (including phenoxy) is 1. The lowest BCUT2D eigenvalue weighted by atomic mass is 9.96. The Labute approximate surface area is 170 Å². The van der Waals surface area contributed by atoms with Crippen molar-refractivity contribution in [2.24, 2.45) is 5.92 Å². The van der Waals surface area contributed by atoms with Gasteiger partial charge in [0.15, 0.2) is 0 Å². The molecular formula is C23H27FN2O3. The predicted molar refractivity (Wildman–Crippen MR) is 109 cm³/mol. The van der Waals surface area contributed by atoms with E-state index in [1.807, 2.05) is 30.3 Å². The Morgan fingerprint density at radius 1 is 1.00 bits per heavy atom. The molecule has 5 nitrogen and oxygen atoms in total. The Hall–Kier alpha value is -2.73. The van der Waals surface area contributed by atoms with Crippen molar-refractivity contribution in [3.05, 3.63) is 71.5 Å². The van der Waals surface area contributed by atoms with Crippen LogP contribution >= 0.6 is 0 Å². The highest BCUT2D eigenvalue weighted by molar-refractivity contribution is 5.80. The van der Waals surface area contributed by atoms with Crippen molar-refractivity contribution in [2.45, 2.75) is 25.8 Å². The van der Waals surface area contributed by atoms with Crippen LogP contribution in [0.2, 0.25) is 0 Å². The molecule has 0 unspecified atom stereocenters. The molecule has 29 heavy (non-hydrogen) atoms. The first kappa shape index (κ1) is 21.0. The third kappa shape index (κ3) is 6.68. The van der Waals surface area contributed by atoms with Gasteiger partial charge in [-0.05, 0) is 42.5 Å². The van der Waals surface area contributed by atoms with E-state index in [0.717, 1.165) is 12.0 Å². The van der Waals surface area contributed by atoms with Crippen molar-refractivity contribution >= 4 is 11.8 Å². The van der Waals surface area contributed by atoms with E-state index in [0.29, 0.717) is 39.1 Å². The first-order chi connectivity index (χ1) is 14.1. The molecule has 2 aromatic rings. The molecule has 0 atom stereocenters. The van der Waals surface area contributed by atoms with E-state index in [9.17, 15) is 14.0 Å². The Kier molecular flexibility index (Phi) is 7.76. The SMILES string of the molecule is O=C(NCc1ccc(F)cc1)C1CCN(C(=O)COCCc2ccccc2)CC1. The van der Waals surface area contributed by atoms with Gasteiger partial charge in [-0.3, -0.25) is 9.59 Å². The second kappa shape index (κ2) is 10.7. The largest absolute Gasteiger partial charge is 0.371 e. The smallest absolute Gasteiger partial charge is 0.248 e. The van der Waals surface area contributed by atoms with Gasteiger partial charge in [0.25, 0.3) is 0 Å². The molecule has 1 heterocycles. The number of hydrogen-bond donors (Lipinski definition) is 1. The van der Waals surface area contributed by atoms with E-state index in [1.54, 1.807) is 17.0 Å². The average molecular weight is 398 g/mol. The lowest BCUT2D eigenvalue weighted by Gasteiger charge is -2.31. The van der Waals surface area contributed by atoms with Crippen LogP contribution in [0.5, 0.6) is 0 Å². The average Bonchev–Trinajstić information content (AvgIpc) is 2.77. The molecule has 2 amide bonds. The normalized spacial score (nSPS) is 14.6. The standard InChI is InChI=1S/C23H27FN2O3/c24-21-8-6-19(7-9-21)16-25-23(28)20-10-13-26(14-11-20)22(27)17-29-15-12-18-4-2-1-3-5-18/h1-9,20H,10-17H2,(H,25,28). The van der Waals surface area contributed by atoms with Crippen LogP contribution in [0.3, 0.4) is 0 Å². The van der Waals surface area contributed by atoms with Gasteiger partial charge in [-0.15, -0.1) is 0 Å². The van der Waals surface area contributed by atoms with Crippen LogP contribution in [-0.4, -0.2) is 43.0 Å². The number of amides is 2. The molecule has 2 aromatic carbocycles. The van der Waals surface area contributed by atoms with Gasteiger partial charge in [0.05, 0.1) is 6.61 Å². The molecule has 0 saturated carbocycles. The van der Waals surface area contributed by atoms with Crippen molar-refractivity contribution in [1.29, 1.82) is 0 Å². The lowest BCUT2D eigenvalue weighted by molar-refractivity contribution is -0.139. The first-order valence-corrected chi connectivity index (χ1v) is 10.0. The van der Waals surface area contributed by atoms with Gasteiger partial charge >= 0.3 is 0 Å². The van der Waals surface area contributed by atoms with Crippen molar-refractivity contribution in [1.82, 2.24) is 10.2 Å². The van der Waals surface area contributed by atoms with Crippen LogP contribution in [0.4, 0.5) is 4.39 Å². The number of hydrogen-bond acceptors (Lipinski definition) is 3. The number of halogens is 1. The summed E-state index contributed by atoms with van der Waals surface area (Å²) < 4.78 is 18.5. The highest BCUT2D eigenvalue weighted by Gasteiger charge is 2.27. The number of benzene rings is 2. The molecular weight excluding hydrogens is 371 g/mol. The fourth-order valence-electron chi connectivity index (χ4n) is 3.41. The molecule has 3 rings (SSSR count). The monoisotopic (exact) mass is 398 g/mol. The number of rotatable bonds is 8. The molecule has 0 aliphatic carbocycles. The summed E-state index contributed by atoms with van der Waals surface area (Å²) in [6.07, 6.45) is 2.07. The lowest BCUT2D eigenvalue weighted by Crippen LogP contribution is -2.44. The minimum Gasteiger partial charge on any atom is -0.371 e. The number of piperidine rings is 1. The maximum atomic E-state index is 12.9. The van der Waals surface area contributed by atoms with Gasteiger partial charge in [-0.2, -0.15) is 0 Å². The summed E-state index contributed by atoms with van der Waals surface area (Å²) in [6, 6.07) is 16.1. The highest BCUT2D eigenvalue weighted by Crippen LogP contribution is 2.18. The third-order valence-corrected chi connectivity index (χ3v) is 5.20. The number of nitrogens with zero attached hydrogens (tertiary/aromatic N) is 1. The van der Waals surface area contributed by atoms with E-state index in [2.05, 4.69) is 5.32 Å². The summed E-state index contributed by atoms with van der Waals surface area (Å²) in [5.74, 6) is -0.427. The van der Waals surface area contributed by atoms with Gasteiger partial charge in [-0.25, -0.2) is 4.39 Å². The topological polar surface area (TPSA) is 58.6 Å². The third-order valence-electron chi connectivity index (χ3n) is 5.20. The van der Waals surface area contributed by atoms with Gasteiger partial charge < -0.3 is 15.0 Å². The Morgan fingerprint density at radius 3 is 2.38 bits per heavy atom. The second-order valence-corrected chi connectivity index (χ2v) is 7.29. The van der Waals surface area contributed by atoms with Crippen molar-refractivity contribution < 1.29 is 18.7 Å². The highest BCUT2D eigenvalue weighted by atomic mass is 19.1. The molecule has 154 valence electrons. The second-order valence-electron chi connectivity index (χ2n) is 7.29. The van der Waals surface area contributed by atoms with Gasteiger partial charge in [0.2, 0.25) is 11.8 Å². The Morgan fingerprint density at radius 2 is 1.69 bits per heavy atom.